The van der Waals surface area contributed by atoms with Gasteiger partial charge >= 0.3 is 21.7 Å². The van der Waals surface area contributed by atoms with Gasteiger partial charge in [0.25, 0.3) is 0 Å². The molecule has 0 aliphatic rings. The average molecular weight is 560 g/mol. The van der Waals surface area contributed by atoms with Gasteiger partial charge in [-0.2, -0.15) is 0 Å². The Kier molecular flexibility index (Phi) is 19.0. The SMILES string of the molecule is CC[N-]C(=O)c1cccc(C)c1C.CC[N-]C(=O)c1cccc(C)c1C.[Br-].[Br-].[Ti+4]. The van der Waals surface area contributed by atoms with Gasteiger partial charge in [0, 0.05) is 11.1 Å². The minimum Gasteiger partial charge on any atom is -1.00 e. The van der Waals surface area contributed by atoms with E-state index in [2.05, 4.69) is 10.6 Å². The number of amides is 2. The molecule has 0 radical (unpaired) electrons. The predicted molar refractivity (Wildman–Crippen MR) is 108 cm³/mol. The number of rotatable bonds is 4. The maximum absolute atomic E-state index is 11.5. The van der Waals surface area contributed by atoms with Gasteiger partial charge < -0.3 is 54.2 Å². The summed E-state index contributed by atoms with van der Waals surface area (Å²) in [6, 6.07) is 11.4. The molecule has 156 valence electrons. The maximum atomic E-state index is 11.5. The molecule has 0 heterocycles. The Morgan fingerprint density at radius 1 is 0.690 bits per heavy atom. The van der Waals surface area contributed by atoms with Crippen LogP contribution in [0.5, 0.6) is 0 Å². The zero-order valence-corrected chi connectivity index (χ0v) is 22.6. The van der Waals surface area contributed by atoms with Gasteiger partial charge in [-0.3, -0.25) is 0 Å². The number of carbonyl (C=O) groups excluding carboxylic acids is 2. The Morgan fingerprint density at radius 3 is 1.28 bits per heavy atom. The minimum absolute atomic E-state index is 0. The van der Waals surface area contributed by atoms with Crippen LogP contribution >= 0.6 is 0 Å². The second kappa shape index (κ2) is 16.8. The van der Waals surface area contributed by atoms with E-state index in [4.69, 9.17) is 0 Å². The molecule has 0 fully saturated rings. The molecule has 4 nitrogen and oxygen atoms in total. The normalized spacial score (nSPS) is 8.76. The van der Waals surface area contributed by atoms with Crippen LogP contribution in [0.2, 0.25) is 0 Å². The molecule has 0 bridgehead atoms. The van der Waals surface area contributed by atoms with Gasteiger partial charge in [-0.15, -0.1) is 13.1 Å². The smallest absolute Gasteiger partial charge is 1.00 e. The van der Waals surface area contributed by atoms with Crippen LogP contribution in [0.1, 0.15) is 56.8 Å². The molecule has 0 aromatic heterocycles. The largest absolute Gasteiger partial charge is 4.00 e. The van der Waals surface area contributed by atoms with Crippen molar-refractivity contribution < 1.29 is 65.3 Å². The van der Waals surface area contributed by atoms with Crippen molar-refractivity contribution in [3.8, 4) is 0 Å². The molecule has 29 heavy (non-hydrogen) atoms. The molecular formula is C22H28Br2N2O2Ti. The van der Waals surface area contributed by atoms with E-state index in [9.17, 15) is 9.59 Å². The molecule has 2 amide bonds. The first kappa shape index (κ1) is 32.7. The van der Waals surface area contributed by atoms with Crippen LogP contribution in [0.3, 0.4) is 0 Å². The van der Waals surface area contributed by atoms with Gasteiger partial charge in [0.2, 0.25) is 0 Å². The second-order valence-electron chi connectivity index (χ2n) is 6.05. The molecular weight excluding hydrogens is 532 g/mol. The topological polar surface area (TPSA) is 62.3 Å². The predicted octanol–water partition coefficient (Wildman–Crippen LogP) is -0.320. The Bertz CT molecular complexity index is 718. The fraction of sp³-hybridized carbons (Fsp3) is 0.364. The minimum atomic E-state index is -0.108. The molecule has 0 aliphatic carbocycles. The van der Waals surface area contributed by atoms with Crippen molar-refractivity contribution in [1.82, 2.24) is 0 Å². The standard InChI is InChI=1S/2C11H15NO.2BrH.Ti/c2*1-4-12-11(13)10-7-5-6-8(2)9(10)3;;;/h2*5-7H,4H2,1-3H3,(H,12,13);2*1H;/q;;;;+4/p-4. The zero-order valence-electron chi connectivity index (χ0n) is 17.8. The Balaban J connectivity index is -0.000000422. The summed E-state index contributed by atoms with van der Waals surface area (Å²) in [6.45, 7) is 12.7. The number of hydrogen-bond donors (Lipinski definition) is 0. The number of carbonyl (C=O) groups is 2. The summed E-state index contributed by atoms with van der Waals surface area (Å²) >= 11 is 0. The molecule has 0 saturated heterocycles. The van der Waals surface area contributed by atoms with Gasteiger partial charge in [-0.25, -0.2) is 0 Å². The van der Waals surface area contributed by atoms with Crippen LogP contribution in [0.4, 0.5) is 0 Å². The van der Waals surface area contributed by atoms with Crippen LogP contribution in [0.25, 0.3) is 10.6 Å². The first-order valence-electron chi connectivity index (χ1n) is 8.89. The van der Waals surface area contributed by atoms with Crippen molar-refractivity contribution in [2.75, 3.05) is 13.1 Å². The molecule has 0 atom stereocenters. The van der Waals surface area contributed by atoms with E-state index >= 15 is 0 Å². The summed E-state index contributed by atoms with van der Waals surface area (Å²) < 4.78 is 0. The third-order valence-electron chi connectivity index (χ3n) is 4.27. The van der Waals surface area contributed by atoms with Gasteiger partial charge in [-0.05, 0) is 49.9 Å². The molecule has 0 aliphatic heterocycles. The molecule has 0 spiro atoms. The Labute approximate surface area is 211 Å². The third kappa shape index (κ3) is 10.1. The summed E-state index contributed by atoms with van der Waals surface area (Å²) in [5.74, 6) is -0.215. The van der Waals surface area contributed by atoms with Gasteiger partial charge in [0.05, 0.1) is 11.8 Å². The zero-order chi connectivity index (χ0) is 19.7. The average Bonchev–Trinajstić information content (AvgIpc) is 2.60. The summed E-state index contributed by atoms with van der Waals surface area (Å²) in [5, 5.41) is 7.72. The monoisotopic (exact) mass is 558 g/mol. The number of hydrogen-bond acceptors (Lipinski definition) is 2. The van der Waals surface area contributed by atoms with Crippen molar-refractivity contribution in [2.45, 2.75) is 41.5 Å². The van der Waals surface area contributed by atoms with Gasteiger partial charge in [-0.1, -0.05) is 50.2 Å². The van der Waals surface area contributed by atoms with E-state index in [1.54, 1.807) is 0 Å². The summed E-state index contributed by atoms with van der Waals surface area (Å²) in [7, 11) is 0. The number of halogens is 2. The molecule has 0 N–H and O–H groups in total. The van der Waals surface area contributed by atoms with Crippen molar-refractivity contribution in [2.24, 2.45) is 0 Å². The fourth-order valence-corrected chi connectivity index (χ4v) is 2.42. The van der Waals surface area contributed by atoms with Gasteiger partial charge in [0.15, 0.2) is 0 Å². The van der Waals surface area contributed by atoms with E-state index in [1.165, 1.54) is 0 Å². The van der Waals surface area contributed by atoms with Crippen LogP contribution in [-0.2, 0) is 21.7 Å². The molecule has 2 aromatic carbocycles. The van der Waals surface area contributed by atoms with Crippen molar-refractivity contribution in [3.05, 3.63) is 80.4 Å². The van der Waals surface area contributed by atoms with E-state index in [0.29, 0.717) is 13.1 Å². The first-order chi connectivity index (χ1) is 12.3. The number of aryl methyl sites for hydroxylation is 2. The second-order valence-corrected chi connectivity index (χ2v) is 6.05. The summed E-state index contributed by atoms with van der Waals surface area (Å²) in [5.41, 5.74) is 5.78. The Hall–Kier alpha value is -0.946. The summed E-state index contributed by atoms with van der Waals surface area (Å²) in [4.78, 5) is 22.9. The fourth-order valence-electron chi connectivity index (χ4n) is 2.42. The maximum Gasteiger partial charge on any atom is 4.00 e. The first-order valence-corrected chi connectivity index (χ1v) is 8.89. The van der Waals surface area contributed by atoms with Crippen LogP contribution in [0, 0.1) is 27.7 Å². The molecule has 2 aromatic rings. The number of nitrogens with zero attached hydrogens (tertiary/aromatic N) is 2. The Morgan fingerprint density at radius 2 is 1.00 bits per heavy atom. The molecule has 2 rings (SSSR count). The van der Waals surface area contributed by atoms with E-state index in [0.717, 1.165) is 33.4 Å². The number of benzene rings is 2. The van der Waals surface area contributed by atoms with Crippen LogP contribution in [-0.4, -0.2) is 24.9 Å². The quantitative estimate of drug-likeness (QED) is 0.482. The summed E-state index contributed by atoms with van der Waals surface area (Å²) in [6.07, 6.45) is 0. The third-order valence-corrected chi connectivity index (χ3v) is 4.27. The van der Waals surface area contributed by atoms with Gasteiger partial charge in [0.1, 0.15) is 0 Å². The van der Waals surface area contributed by atoms with E-state index in [1.807, 2.05) is 77.9 Å². The van der Waals surface area contributed by atoms with Crippen LogP contribution in [0.15, 0.2) is 36.4 Å². The van der Waals surface area contributed by atoms with Crippen molar-refractivity contribution in [1.29, 1.82) is 0 Å². The van der Waals surface area contributed by atoms with E-state index < -0.39 is 0 Å². The van der Waals surface area contributed by atoms with E-state index in [-0.39, 0.29) is 67.5 Å². The van der Waals surface area contributed by atoms with Crippen molar-refractivity contribution in [3.63, 3.8) is 0 Å². The molecule has 0 unspecified atom stereocenters. The molecule has 7 heteroatoms. The molecule has 0 saturated carbocycles. The van der Waals surface area contributed by atoms with Crippen molar-refractivity contribution >= 4 is 11.8 Å². The van der Waals surface area contributed by atoms with Crippen LogP contribution < -0.4 is 34.0 Å².